The lowest BCUT2D eigenvalue weighted by Crippen LogP contribution is -1.94. The molecule has 0 radical (unpaired) electrons. The number of phenols is 1. The number of unbranched alkanes of at least 4 members (excludes halogenated alkanes) is 6. The largest absolute Gasteiger partial charge is 0.508 e. The van der Waals surface area contributed by atoms with Gasteiger partial charge in [0, 0.05) is 12.5 Å². The van der Waals surface area contributed by atoms with E-state index in [0.29, 0.717) is 12.2 Å². The van der Waals surface area contributed by atoms with Crippen LogP contribution in [-0.4, -0.2) is 23.1 Å². The standard InChI is InChI=1S/C21H30O4/c1-3-4-5-6-7-8-9-10-18(22)16-19(23)13-11-17-12-14-20(24)21(15-17)25-2/h11-16,23-24H,3-10H2,1-2H3/b13-11+,19-16?. The minimum absolute atomic E-state index is 0.0565. The molecule has 0 aromatic heterocycles. The molecule has 0 aliphatic heterocycles. The SMILES string of the molecule is CCCCCCCCCC(=O)C=C(O)/C=C/c1ccc(O)c(OC)c1. The van der Waals surface area contributed by atoms with Crippen LogP contribution >= 0.6 is 0 Å². The summed E-state index contributed by atoms with van der Waals surface area (Å²) < 4.78 is 5.03. The summed E-state index contributed by atoms with van der Waals surface area (Å²) in [6.07, 6.45) is 13.0. The second kappa shape index (κ2) is 12.2. The van der Waals surface area contributed by atoms with E-state index in [1.54, 1.807) is 18.2 Å². The van der Waals surface area contributed by atoms with E-state index in [2.05, 4.69) is 6.92 Å². The highest BCUT2D eigenvalue weighted by molar-refractivity contribution is 5.90. The Bertz CT molecular complexity index is 588. The molecular formula is C21H30O4. The van der Waals surface area contributed by atoms with Crippen LogP contribution in [0.25, 0.3) is 6.08 Å². The third-order valence-electron chi connectivity index (χ3n) is 3.99. The van der Waals surface area contributed by atoms with Gasteiger partial charge in [0.15, 0.2) is 17.3 Å². The summed E-state index contributed by atoms with van der Waals surface area (Å²) in [7, 11) is 1.47. The quantitative estimate of drug-likeness (QED) is 0.225. The summed E-state index contributed by atoms with van der Waals surface area (Å²) in [6, 6.07) is 4.87. The van der Waals surface area contributed by atoms with Crippen LogP contribution in [-0.2, 0) is 4.79 Å². The van der Waals surface area contributed by atoms with Crippen molar-refractivity contribution in [1.82, 2.24) is 0 Å². The third kappa shape index (κ3) is 8.99. The number of ether oxygens (including phenoxy) is 1. The average Bonchev–Trinajstić information content (AvgIpc) is 2.60. The van der Waals surface area contributed by atoms with Crippen molar-refractivity contribution < 1.29 is 19.7 Å². The Morgan fingerprint density at radius 1 is 1.12 bits per heavy atom. The molecule has 1 rings (SSSR count). The number of carbonyl (C=O) groups is 1. The van der Waals surface area contributed by atoms with Crippen LogP contribution in [0.4, 0.5) is 0 Å². The lowest BCUT2D eigenvalue weighted by atomic mass is 10.1. The maximum absolute atomic E-state index is 11.8. The highest BCUT2D eigenvalue weighted by Crippen LogP contribution is 2.26. The second-order valence-electron chi connectivity index (χ2n) is 6.17. The van der Waals surface area contributed by atoms with Crippen LogP contribution in [0.5, 0.6) is 11.5 Å². The van der Waals surface area contributed by atoms with Crippen LogP contribution in [0.1, 0.15) is 63.9 Å². The maximum Gasteiger partial charge on any atom is 0.161 e. The first-order valence-corrected chi connectivity index (χ1v) is 9.05. The van der Waals surface area contributed by atoms with Crippen molar-refractivity contribution in [2.24, 2.45) is 0 Å². The lowest BCUT2D eigenvalue weighted by Gasteiger charge is -2.03. The zero-order valence-electron chi connectivity index (χ0n) is 15.3. The molecule has 0 fully saturated rings. The number of rotatable bonds is 12. The van der Waals surface area contributed by atoms with E-state index >= 15 is 0 Å². The number of allylic oxidation sites excluding steroid dienone is 2. The normalized spacial score (nSPS) is 11.8. The molecule has 0 amide bonds. The van der Waals surface area contributed by atoms with E-state index in [-0.39, 0.29) is 17.3 Å². The van der Waals surface area contributed by atoms with E-state index in [1.807, 2.05) is 0 Å². The molecule has 0 atom stereocenters. The smallest absolute Gasteiger partial charge is 0.161 e. The number of aliphatic hydroxyl groups excluding tert-OH is 1. The van der Waals surface area contributed by atoms with Crippen LogP contribution in [0, 0.1) is 0 Å². The van der Waals surface area contributed by atoms with Gasteiger partial charge in [0.2, 0.25) is 0 Å². The van der Waals surface area contributed by atoms with Crippen molar-refractivity contribution in [1.29, 1.82) is 0 Å². The number of aromatic hydroxyl groups is 1. The van der Waals surface area contributed by atoms with Crippen molar-refractivity contribution in [3.8, 4) is 11.5 Å². The molecule has 1 aromatic carbocycles. The van der Waals surface area contributed by atoms with Crippen molar-refractivity contribution in [3.63, 3.8) is 0 Å². The van der Waals surface area contributed by atoms with Crippen LogP contribution in [0.2, 0.25) is 0 Å². The van der Waals surface area contributed by atoms with Crippen molar-refractivity contribution >= 4 is 11.9 Å². The Balaban J connectivity index is 2.37. The molecule has 138 valence electrons. The second-order valence-corrected chi connectivity index (χ2v) is 6.17. The molecule has 2 N–H and O–H groups in total. The Labute approximate surface area is 150 Å². The number of ketones is 1. The zero-order valence-corrected chi connectivity index (χ0v) is 15.3. The molecule has 0 saturated carbocycles. The van der Waals surface area contributed by atoms with E-state index < -0.39 is 0 Å². The average molecular weight is 346 g/mol. The minimum Gasteiger partial charge on any atom is -0.508 e. The zero-order chi connectivity index (χ0) is 18.5. The minimum atomic E-state index is -0.0695. The van der Waals surface area contributed by atoms with Gasteiger partial charge in [-0.1, -0.05) is 57.6 Å². The van der Waals surface area contributed by atoms with Gasteiger partial charge in [0.05, 0.1) is 7.11 Å². The topological polar surface area (TPSA) is 66.8 Å². The summed E-state index contributed by atoms with van der Waals surface area (Å²) in [5.41, 5.74) is 0.758. The molecule has 0 unspecified atom stereocenters. The number of carbonyl (C=O) groups excluding carboxylic acids is 1. The molecule has 1 aromatic rings. The predicted molar refractivity (Wildman–Crippen MR) is 102 cm³/mol. The number of benzene rings is 1. The van der Waals surface area contributed by atoms with Crippen LogP contribution in [0.3, 0.4) is 0 Å². The van der Waals surface area contributed by atoms with Gasteiger partial charge in [-0.05, 0) is 30.2 Å². The van der Waals surface area contributed by atoms with Crippen molar-refractivity contribution in [3.05, 3.63) is 41.7 Å². The van der Waals surface area contributed by atoms with Crippen molar-refractivity contribution in [2.75, 3.05) is 7.11 Å². The fourth-order valence-electron chi connectivity index (χ4n) is 2.52. The third-order valence-corrected chi connectivity index (χ3v) is 3.99. The molecule has 0 heterocycles. The summed E-state index contributed by atoms with van der Waals surface area (Å²) in [4.78, 5) is 11.8. The molecule has 4 heteroatoms. The first-order valence-electron chi connectivity index (χ1n) is 9.05. The van der Waals surface area contributed by atoms with E-state index in [0.717, 1.165) is 18.4 Å². The van der Waals surface area contributed by atoms with E-state index in [4.69, 9.17) is 4.74 Å². The summed E-state index contributed by atoms with van der Waals surface area (Å²) >= 11 is 0. The molecule has 0 aliphatic rings. The van der Waals surface area contributed by atoms with Gasteiger partial charge in [-0.15, -0.1) is 0 Å². The van der Waals surface area contributed by atoms with Gasteiger partial charge >= 0.3 is 0 Å². The number of hydrogen-bond acceptors (Lipinski definition) is 4. The Hall–Kier alpha value is -2.23. The Morgan fingerprint density at radius 2 is 1.80 bits per heavy atom. The molecule has 0 spiro atoms. The van der Waals surface area contributed by atoms with Gasteiger partial charge in [-0.2, -0.15) is 0 Å². The van der Waals surface area contributed by atoms with Gasteiger partial charge in [-0.3, -0.25) is 4.79 Å². The fraction of sp³-hybridized carbons (Fsp3) is 0.476. The number of hydrogen-bond donors (Lipinski definition) is 2. The first-order chi connectivity index (χ1) is 12.1. The van der Waals surface area contributed by atoms with E-state index in [1.165, 1.54) is 57.4 Å². The molecular weight excluding hydrogens is 316 g/mol. The van der Waals surface area contributed by atoms with Gasteiger partial charge in [0.1, 0.15) is 5.76 Å². The maximum atomic E-state index is 11.8. The van der Waals surface area contributed by atoms with Crippen LogP contribution in [0.15, 0.2) is 36.1 Å². The molecule has 25 heavy (non-hydrogen) atoms. The monoisotopic (exact) mass is 346 g/mol. The van der Waals surface area contributed by atoms with Gasteiger partial charge in [0.25, 0.3) is 0 Å². The summed E-state index contributed by atoms with van der Waals surface area (Å²) in [6.45, 7) is 2.20. The highest BCUT2D eigenvalue weighted by Gasteiger charge is 2.02. The lowest BCUT2D eigenvalue weighted by molar-refractivity contribution is -0.114. The fourth-order valence-corrected chi connectivity index (χ4v) is 2.52. The molecule has 0 aliphatic carbocycles. The van der Waals surface area contributed by atoms with Gasteiger partial charge in [-0.25, -0.2) is 0 Å². The summed E-state index contributed by atoms with van der Waals surface area (Å²) in [5, 5.41) is 19.4. The Kier molecular flexibility index (Phi) is 10.1. The number of methoxy groups -OCH3 is 1. The highest BCUT2D eigenvalue weighted by atomic mass is 16.5. The predicted octanol–water partition coefficient (Wildman–Crippen LogP) is 5.57. The number of aliphatic hydroxyl groups is 1. The summed E-state index contributed by atoms with van der Waals surface area (Å²) in [5.74, 6) is 0.295. The van der Waals surface area contributed by atoms with E-state index in [9.17, 15) is 15.0 Å². The molecule has 0 bridgehead atoms. The Morgan fingerprint density at radius 3 is 2.48 bits per heavy atom. The number of phenolic OH excluding ortho intramolecular Hbond substituents is 1. The molecule has 0 saturated heterocycles. The first kappa shape index (κ1) is 20.8. The van der Waals surface area contributed by atoms with Crippen molar-refractivity contribution in [2.45, 2.75) is 58.3 Å². The molecule has 4 nitrogen and oxygen atoms in total. The van der Waals surface area contributed by atoms with Crippen LogP contribution < -0.4 is 4.74 Å². The van der Waals surface area contributed by atoms with Gasteiger partial charge < -0.3 is 14.9 Å².